The molecule has 0 aliphatic carbocycles. The molecule has 2 unspecified atom stereocenters. The van der Waals surface area contributed by atoms with Gasteiger partial charge in [-0.3, -0.25) is 19.8 Å². The number of ether oxygens (including phenoxy) is 1. The minimum absolute atomic E-state index is 0.197. The Kier molecular flexibility index (Phi) is 7.95. The standard InChI is InChI=1S/C25H26F3N7O2/c1-37-23-10-17(7-8-19(23)33-18-11-30-15-31-12-18)21(34-29)13-32-20-9-6-16-4-2-3-5-22(16)35(24(20)36)14-25(26,27)28/h2-5,7-8,10-13,18,20-21,29,33H,6,9,14-15H2,1H3. The molecule has 12 heteroatoms. The number of methoxy groups -OCH3 is 1. The van der Waals surface area contributed by atoms with E-state index in [4.69, 9.17) is 10.3 Å². The first-order valence-electron chi connectivity index (χ1n) is 11.6. The summed E-state index contributed by atoms with van der Waals surface area (Å²) in [6, 6.07) is 9.66. The average Bonchev–Trinajstić information content (AvgIpc) is 3.01. The molecule has 0 radical (unpaired) electrons. The minimum Gasteiger partial charge on any atom is -0.495 e. The topological polar surface area (TPSA) is 115 Å². The molecule has 2 N–H and O–H groups in total. The van der Waals surface area contributed by atoms with Crippen LogP contribution in [0.4, 0.5) is 24.5 Å². The predicted octanol–water partition coefficient (Wildman–Crippen LogP) is 4.64. The third-order valence-corrected chi connectivity index (χ3v) is 5.99. The maximum absolute atomic E-state index is 13.3. The lowest BCUT2D eigenvalue weighted by molar-refractivity contribution is -0.133. The molecule has 9 nitrogen and oxygen atoms in total. The molecule has 1 amide bonds. The maximum Gasteiger partial charge on any atom is 0.406 e. The van der Waals surface area contributed by atoms with Crippen molar-refractivity contribution in [2.24, 2.45) is 20.1 Å². The lowest BCUT2D eigenvalue weighted by Crippen LogP contribution is -2.43. The van der Waals surface area contributed by atoms with Gasteiger partial charge >= 0.3 is 6.18 Å². The summed E-state index contributed by atoms with van der Waals surface area (Å²) >= 11 is 0. The van der Waals surface area contributed by atoms with Gasteiger partial charge in [0.25, 0.3) is 5.91 Å². The Morgan fingerprint density at radius 2 is 2.00 bits per heavy atom. The van der Waals surface area contributed by atoms with Gasteiger partial charge in [-0.15, -0.1) is 0 Å². The van der Waals surface area contributed by atoms with Crippen molar-refractivity contribution in [3.8, 4) is 5.75 Å². The molecule has 0 aromatic heterocycles. The van der Waals surface area contributed by atoms with E-state index in [1.807, 2.05) is 0 Å². The fraction of sp³-hybridized carbons (Fsp3) is 0.360. The number of alkyl halides is 3. The second-order valence-electron chi connectivity index (χ2n) is 8.53. The molecule has 0 fully saturated rings. The number of nitrogens with one attached hydrogen (secondary N) is 2. The summed E-state index contributed by atoms with van der Waals surface area (Å²) in [7, 11) is 1.51. The van der Waals surface area contributed by atoms with Crippen LogP contribution in [-0.2, 0) is 11.2 Å². The molecule has 2 atom stereocenters. The van der Waals surface area contributed by atoms with Crippen molar-refractivity contribution in [1.29, 1.82) is 5.53 Å². The van der Waals surface area contributed by atoms with Crippen LogP contribution in [0, 0.1) is 5.53 Å². The van der Waals surface area contributed by atoms with Crippen LogP contribution in [0.3, 0.4) is 0 Å². The van der Waals surface area contributed by atoms with E-state index in [9.17, 15) is 18.0 Å². The molecule has 2 aromatic rings. The van der Waals surface area contributed by atoms with E-state index >= 15 is 0 Å². The van der Waals surface area contributed by atoms with Gasteiger partial charge in [0.15, 0.2) is 0 Å². The number of anilines is 2. The third kappa shape index (κ3) is 6.38. The smallest absolute Gasteiger partial charge is 0.406 e. The first kappa shape index (κ1) is 26.0. The number of fused-ring (bicyclic) bond motifs is 1. The van der Waals surface area contributed by atoms with Crippen LogP contribution in [-0.4, -0.2) is 63.1 Å². The predicted molar refractivity (Wildman–Crippen MR) is 136 cm³/mol. The number of hydrogen-bond donors (Lipinski definition) is 2. The van der Waals surface area contributed by atoms with E-state index in [2.05, 4.69) is 25.4 Å². The maximum atomic E-state index is 13.3. The molecule has 2 heterocycles. The van der Waals surface area contributed by atoms with E-state index < -0.39 is 30.7 Å². The normalized spacial score (nSPS) is 19.0. The van der Waals surface area contributed by atoms with Crippen molar-refractivity contribution in [1.82, 2.24) is 0 Å². The molecule has 0 bridgehead atoms. The Bertz CT molecular complexity index is 1220. The quantitative estimate of drug-likeness (QED) is 0.396. The first-order chi connectivity index (χ1) is 17.8. The Labute approximate surface area is 211 Å². The number of aliphatic imine (C=N–C) groups is 3. The number of carbonyl (C=O) groups is 1. The number of carbonyl (C=O) groups excluding carboxylic acids is 1. The van der Waals surface area contributed by atoms with Gasteiger partial charge in [-0.25, -0.2) is 5.53 Å². The van der Waals surface area contributed by atoms with Gasteiger partial charge in [0, 0.05) is 24.3 Å². The van der Waals surface area contributed by atoms with Crippen molar-refractivity contribution in [3.63, 3.8) is 0 Å². The van der Waals surface area contributed by atoms with Crippen molar-refractivity contribution in [3.05, 3.63) is 53.6 Å². The van der Waals surface area contributed by atoms with Gasteiger partial charge in [0.2, 0.25) is 0 Å². The number of benzene rings is 2. The molecule has 2 aliphatic rings. The number of nitrogens with zero attached hydrogens (tertiary/aromatic N) is 5. The Morgan fingerprint density at radius 3 is 2.70 bits per heavy atom. The largest absolute Gasteiger partial charge is 0.495 e. The lowest BCUT2D eigenvalue weighted by Gasteiger charge is -2.25. The molecule has 2 aromatic carbocycles. The molecular formula is C25H26F3N7O2. The van der Waals surface area contributed by atoms with E-state index in [0.29, 0.717) is 35.7 Å². The zero-order valence-corrected chi connectivity index (χ0v) is 20.0. The molecule has 194 valence electrons. The summed E-state index contributed by atoms with van der Waals surface area (Å²) in [5.41, 5.74) is 9.80. The number of halogens is 3. The fourth-order valence-electron chi connectivity index (χ4n) is 4.23. The average molecular weight is 514 g/mol. The SMILES string of the molecule is COc1cc(C(C=NC2CCc3ccccc3N(CC(F)(F)F)C2=O)N=N)ccc1NC1C=NCN=C1. The number of aryl methyl sites for hydroxylation is 1. The highest BCUT2D eigenvalue weighted by atomic mass is 19.4. The van der Waals surface area contributed by atoms with Gasteiger partial charge in [-0.1, -0.05) is 24.3 Å². The number of hydrogen-bond acceptors (Lipinski definition) is 8. The van der Waals surface area contributed by atoms with Gasteiger partial charge in [0.1, 0.15) is 31.0 Å². The van der Waals surface area contributed by atoms with Crippen LogP contribution in [0.15, 0.2) is 62.6 Å². The van der Waals surface area contributed by atoms with Crippen LogP contribution in [0.1, 0.15) is 23.6 Å². The number of amides is 1. The highest BCUT2D eigenvalue weighted by molar-refractivity contribution is 5.99. The van der Waals surface area contributed by atoms with Crippen LogP contribution in [0.2, 0.25) is 0 Å². The minimum atomic E-state index is -4.57. The fourth-order valence-corrected chi connectivity index (χ4v) is 4.23. The number of rotatable bonds is 8. The zero-order valence-electron chi connectivity index (χ0n) is 20.0. The molecule has 37 heavy (non-hydrogen) atoms. The second kappa shape index (κ2) is 11.3. The summed E-state index contributed by atoms with van der Waals surface area (Å²) in [5.74, 6) is -0.250. The van der Waals surface area contributed by atoms with E-state index in [0.717, 1.165) is 4.90 Å². The van der Waals surface area contributed by atoms with E-state index in [1.54, 1.807) is 48.8 Å². The Morgan fingerprint density at radius 1 is 1.24 bits per heavy atom. The van der Waals surface area contributed by atoms with Crippen molar-refractivity contribution in [2.75, 3.05) is 30.5 Å². The second-order valence-corrected chi connectivity index (χ2v) is 8.53. The third-order valence-electron chi connectivity index (χ3n) is 5.99. The first-order valence-corrected chi connectivity index (χ1v) is 11.6. The van der Waals surface area contributed by atoms with Gasteiger partial charge < -0.3 is 15.0 Å². The summed E-state index contributed by atoms with van der Waals surface area (Å²) in [6.45, 7) is -1.01. The summed E-state index contributed by atoms with van der Waals surface area (Å²) in [4.78, 5) is 26.4. The Hall–Kier alpha value is -4.09. The molecule has 2 aliphatic heterocycles. The van der Waals surface area contributed by atoms with Crippen LogP contribution in [0.5, 0.6) is 5.75 Å². The highest BCUT2D eigenvalue weighted by Crippen LogP contribution is 2.32. The van der Waals surface area contributed by atoms with Gasteiger partial charge in [-0.2, -0.15) is 18.3 Å². The van der Waals surface area contributed by atoms with E-state index in [1.165, 1.54) is 19.4 Å². The van der Waals surface area contributed by atoms with Crippen molar-refractivity contribution < 1.29 is 22.7 Å². The summed E-state index contributed by atoms with van der Waals surface area (Å²) < 4.78 is 45.4. The number of para-hydroxylation sites is 1. The molecular weight excluding hydrogens is 487 g/mol. The summed E-state index contributed by atoms with van der Waals surface area (Å²) in [5, 5.41) is 6.84. The van der Waals surface area contributed by atoms with Crippen LogP contribution < -0.4 is 15.0 Å². The van der Waals surface area contributed by atoms with Gasteiger partial charge in [-0.05, 0) is 42.2 Å². The van der Waals surface area contributed by atoms with Crippen LogP contribution >= 0.6 is 0 Å². The van der Waals surface area contributed by atoms with Crippen molar-refractivity contribution in [2.45, 2.75) is 37.1 Å². The molecule has 0 saturated heterocycles. The monoisotopic (exact) mass is 513 g/mol. The molecule has 0 saturated carbocycles. The van der Waals surface area contributed by atoms with Crippen LogP contribution in [0.25, 0.3) is 0 Å². The zero-order chi connectivity index (χ0) is 26.4. The lowest BCUT2D eigenvalue weighted by atomic mass is 10.1. The highest BCUT2D eigenvalue weighted by Gasteiger charge is 2.38. The van der Waals surface area contributed by atoms with Gasteiger partial charge in [0.05, 0.1) is 18.8 Å². The molecule has 4 rings (SSSR count). The Balaban J connectivity index is 1.55. The summed E-state index contributed by atoms with van der Waals surface area (Å²) in [6.07, 6.45) is 0.866. The molecule has 0 spiro atoms. The van der Waals surface area contributed by atoms with Crippen molar-refractivity contribution >= 4 is 35.9 Å². The van der Waals surface area contributed by atoms with E-state index in [-0.39, 0.29) is 18.2 Å².